The highest BCUT2D eigenvalue weighted by atomic mass is 16.5. The van der Waals surface area contributed by atoms with Crippen LogP contribution in [0.3, 0.4) is 0 Å². The first-order valence-corrected chi connectivity index (χ1v) is 4.10. The summed E-state index contributed by atoms with van der Waals surface area (Å²) < 4.78 is 6.72. The molecule has 0 fully saturated rings. The number of methoxy groups -OCH3 is 1. The second-order valence-corrected chi connectivity index (χ2v) is 2.84. The molecule has 0 spiro atoms. The van der Waals surface area contributed by atoms with Crippen LogP contribution < -0.4 is 4.74 Å². The first kappa shape index (κ1) is 8.68. The third-order valence-corrected chi connectivity index (χ3v) is 1.95. The molecule has 14 heavy (non-hydrogen) atoms. The summed E-state index contributed by atoms with van der Waals surface area (Å²) in [5, 5.41) is 0. The van der Waals surface area contributed by atoms with Crippen molar-refractivity contribution in [2.24, 2.45) is 0 Å². The molecule has 0 unspecified atom stereocenters. The van der Waals surface area contributed by atoms with Gasteiger partial charge in [0.1, 0.15) is 5.69 Å². The van der Waals surface area contributed by atoms with Gasteiger partial charge in [0.25, 0.3) is 0 Å². The molecule has 2 aromatic heterocycles. The van der Waals surface area contributed by atoms with Gasteiger partial charge in [-0.25, -0.2) is 4.98 Å². The smallest absolute Gasteiger partial charge is 0.218 e. The summed E-state index contributed by atoms with van der Waals surface area (Å²) in [4.78, 5) is 19.2. The number of nitrogens with zero attached hydrogens (tertiary/aromatic N) is 3. The van der Waals surface area contributed by atoms with E-state index in [1.807, 2.05) is 0 Å². The van der Waals surface area contributed by atoms with E-state index in [1.165, 1.54) is 20.2 Å². The van der Waals surface area contributed by atoms with E-state index in [-0.39, 0.29) is 5.78 Å². The molecule has 0 N–H and O–H groups in total. The molecular weight excluding hydrogens is 182 g/mol. The number of rotatable bonds is 2. The van der Waals surface area contributed by atoms with Gasteiger partial charge in [0.05, 0.1) is 25.7 Å². The van der Waals surface area contributed by atoms with E-state index in [0.29, 0.717) is 17.2 Å². The third kappa shape index (κ3) is 1.14. The number of Topliss-reactive ketones (excluding diaryl/α,β-unsaturated/α-hetero) is 1. The zero-order valence-electron chi connectivity index (χ0n) is 7.89. The second-order valence-electron chi connectivity index (χ2n) is 2.84. The van der Waals surface area contributed by atoms with E-state index < -0.39 is 0 Å². The Balaban J connectivity index is 2.81. The van der Waals surface area contributed by atoms with Gasteiger partial charge in [-0.15, -0.1) is 0 Å². The van der Waals surface area contributed by atoms with Crippen LogP contribution in [0.1, 0.15) is 17.4 Å². The highest BCUT2D eigenvalue weighted by Gasteiger charge is 2.11. The van der Waals surface area contributed by atoms with Gasteiger partial charge in [0, 0.05) is 6.92 Å². The van der Waals surface area contributed by atoms with Gasteiger partial charge in [-0.3, -0.25) is 14.2 Å². The summed E-state index contributed by atoms with van der Waals surface area (Å²) in [6.07, 6.45) is 4.64. The highest BCUT2D eigenvalue weighted by molar-refractivity contribution is 5.93. The maximum absolute atomic E-state index is 11.3. The van der Waals surface area contributed by atoms with Gasteiger partial charge in [0.15, 0.2) is 11.4 Å². The van der Waals surface area contributed by atoms with Crippen LogP contribution in [0.5, 0.6) is 5.88 Å². The molecule has 0 atom stereocenters. The first-order chi connectivity index (χ1) is 6.74. The molecule has 2 heterocycles. The zero-order chi connectivity index (χ0) is 10.1. The van der Waals surface area contributed by atoms with Crippen LogP contribution in [-0.4, -0.2) is 27.3 Å². The largest absolute Gasteiger partial charge is 0.481 e. The Morgan fingerprint density at radius 3 is 2.86 bits per heavy atom. The Morgan fingerprint density at radius 1 is 1.43 bits per heavy atom. The van der Waals surface area contributed by atoms with Crippen molar-refractivity contribution in [1.29, 1.82) is 0 Å². The SMILES string of the molecule is COc1cncc2ncc(C(C)=O)n12. The van der Waals surface area contributed by atoms with Crippen molar-refractivity contribution in [1.82, 2.24) is 14.4 Å². The molecule has 0 aliphatic carbocycles. The Kier molecular flexibility index (Phi) is 1.92. The number of ketones is 1. The lowest BCUT2D eigenvalue weighted by atomic mass is 10.3. The molecule has 0 bridgehead atoms. The minimum absolute atomic E-state index is 0.0537. The van der Waals surface area contributed by atoms with Crippen LogP contribution in [0.2, 0.25) is 0 Å². The van der Waals surface area contributed by atoms with Crippen LogP contribution in [0, 0.1) is 0 Å². The predicted octanol–water partition coefficient (Wildman–Crippen LogP) is 0.940. The number of fused-ring (bicyclic) bond motifs is 1. The van der Waals surface area contributed by atoms with E-state index in [9.17, 15) is 4.79 Å². The molecule has 2 rings (SSSR count). The van der Waals surface area contributed by atoms with Crippen LogP contribution in [0.25, 0.3) is 5.65 Å². The predicted molar refractivity (Wildman–Crippen MR) is 49.5 cm³/mol. The fourth-order valence-corrected chi connectivity index (χ4v) is 1.31. The number of hydrogen-bond donors (Lipinski definition) is 0. The molecule has 72 valence electrons. The van der Waals surface area contributed by atoms with Gasteiger partial charge in [-0.2, -0.15) is 0 Å². The van der Waals surface area contributed by atoms with E-state index in [1.54, 1.807) is 16.8 Å². The van der Waals surface area contributed by atoms with E-state index in [4.69, 9.17) is 4.74 Å². The standard InChI is InChI=1S/C9H9N3O2/c1-6(13)7-3-11-8-4-10-5-9(14-2)12(7)8/h3-5H,1-2H3. The Labute approximate surface area is 80.4 Å². The minimum Gasteiger partial charge on any atom is -0.481 e. The van der Waals surface area contributed by atoms with Crippen LogP contribution in [-0.2, 0) is 0 Å². The zero-order valence-corrected chi connectivity index (χ0v) is 7.89. The highest BCUT2D eigenvalue weighted by Crippen LogP contribution is 2.15. The monoisotopic (exact) mass is 191 g/mol. The molecular formula is C9H9N3O2. The Morgan fingerprint density at radius 2 is 2.21 bits per heavy atom. The number of hydrogen-bond acceptors (Lipinski definition) is 4. The maximum Gasteiger partial charge on any atom is 0.218 e. The maximum atomic E-state index is 11.3. The quantitative estimate of drug-likeness (QED) is 0.663. The topological polar surface area (TPSA) is 56.5 Å². The van der Waals surface area contributed by atoms with Crippen molar-refractivity contribution in [3.8, 4) is 5.88 Å². The van der Waals surface area contributed by atoms with Crippen LogP contribution in [0.4, 0.5) is 0 Å². The van der Waals surface area contributed by atoms with Gasteiger partial charge in [0.2, 0.25) is 5.88 Å². The van der Waals surface area contributed by atoms with Crippen LogP contribution in [0.15, 0.2) is 18.6 Å². The summed E-state index contributed by atoms with van der Waals surface area (Å²) in [6.45, 7) is 1.49. The van der Waals surface area contributed by atoms with Gasteiger partial charge >= 0.3 is 0 Å². The fourth-order valence-electron chi connectivity index (χ4n) is 1.31. The van der Waals surface area contributed by atoms with Crippen molar-refractivity contribution in [3.05, 3.63) is 24.3 Å². The van der Waals surface area contributed by atoms with Crippen molar-refractivity contribution >= 4 is 11.4 Å². The van der Waals surface area contributed by atoms with E-state index >= 15 is 0 Å². The Bertz CT molecular complexity index is 490. The number of carbonyl (C=O) groups excluding carboxylic acids is 1. The molecule has 0 aliphatic rings. The van der Waals surface area contributed by atoms with Crippen LogP contribution >= 0.6 is 0 Å². The number of ether oxygens (including phenoxy) is 1. The normalized spacial score (nSPS) is 10.4. The summed E-state index contributed by atoms with van der Waals surface area (Å²) in [5.41, 5.74) is 1.11. The summed E-state index contributed by atoms with van der Waals surface area (Å²) in [5.74, 6) is 0.451. The minimum atomic E-state index is -0.0537. The summed E-state index contributed by atoms with van der Waals surface area (Å²) in [6, 6.07) is 0. The third-order valence-electron chi connectivity index (χ3n) is 1.95. The van der Waals surface area contributed by atoms with Crippen molar-refractivity contribution in [2.45, 2.75) is 6.92 Å². The fraction of sp³-hybridized carbons (Fsp3) is 0.222. The molecule has 0 aromatic carbocycles. The number of imidazole rings is 1. The van der Waals surface area contributed by atoms with Gasteiger partial charge in [-0.05, 0) is 0 Å². The lowest BCUT2D eigenvalue weighted by Gasteiger charge is -2.04. The van der Waals surface area contributed by atoms with Crippen molar-refractivity contribution in [3.63, 3.8) is 0 Å². The molecule has 0 amide bonds. The van der Waals surface area contributed by atoms with Gasteiger partial charge in [-0.1, -0.05) is 0 Å². The van der Waals surface area contributed by atoms with Crippen molar-refractivity contribution in [2.75, 3.05) is 7.11 Å². The van der Waals surface area contributed by atoms with Gasteiger partial charge < -0.3 is 4.74 Å². The lowest BCUT2D eigenvalue weighted by molar-refractivity contribution is 0.101. The summed E-state index contributed by atoms with van der Waals surface area (Å²) >= 11 is 0. The van der Waals surface area contributed by atoms with E-state index in [2.05, 4.69) is 9.97 Å². The van der Waals surface area contributed by atoms with Crippen molar-refractivity contribution < 1.29 is 9.53 Å². The molecule has 0 radical (unpaired) electrons. The molecule has 5 heteroatoms. The molecule has 0 saturated carbocycles. The lowest BCUT2D eigenvalue weighted by Crippen LogP contribution is -2.02. The molecule has 5 nitrogen and oxygen atoms in total. The van der Waals surface area contributed by atoms with E-state index in [0.717, 1.165) is 0 Å². The average Bonchev–Trinajstić information content (AvgIpc) is 2.60. The average molecular weight is 191 g/mol. The molecule has 0 aliphatic heterocycles. The molecule has 0 saturated heterocycles. The summed E-state index contributed by atoms with van der Waals surface area (Å²) in [7, 11) is 1.53. The second kappa shape index (κ2) is 3.10. The number of carbonyl (C=O) groups is 1. The first-order valence-electron chi connectivity index (χ1n) is 4.10. The molecule has 2 aromatic rings. The Hall–Kier alpha value is -1.91. The number of aromatic nitrogens is 3.